The lowest BCUT2D eigenvalue weighted by Crippen LogP contribution is -2.28. The van der Waals surface area contributed by atoms with Gasteiger partial charge in [-0.3, -0.25) is 14.4 Å². The van der Waals surface area contributed by atoms with Crippen molar-refractivity contribution in [2.24, 2.45) is 0 Å². The molecule has 0 fully saturated rings. The number of unbranched alkanes of at least 4 members (excludes halogenated alkanes) is 2. The second kappa shape index (κ2) is 10.5. The van der Waals surface area contributed by atoms with Gasteiger partial charge in [0.15, 0.2) is 5.78 Å². The van der Waals surface area contributed by atoms with Crippen LogP contribution in [-0.2, 0) is 22.4 Å². The summed E-state index contributed by atoms with van der Waals surface area (Å²) in [5.41, 5.74) is 2.97. The molecule has 1 aliphatic rings. The number of hydrogen-bond donors (Lipinski definition) is 2. The van der Waals surface area contributed by atoms with Gasteiger partial charge in [0.25, 0.3) is 0 Å². The minimum atomic E-state index is -1.04. The molecule has 2 rings (SSSR count). The number of aliphatic carboxylic acids is 1. The maximum Gasteiger partial charge on any atom is 0.322 e. The van der Waals surface area contributed by atoms with E-state index < -0.39 is 5.97 Å². The molecule has 0 unspecified atom stereocenters. The summed E-state index contributed by atoms with van der Waals surface area (Å²) in [4.78, 5) is 33.9. The lowest BCUT2D eigenvalue weighted by Gasteiger charge is -2.21. The van der Waals surface area contributed by atoms with Crippen LogP contribution in [0.1, 0.15) is 60.0 Å². The number of rotatable bonds is 11. The van der Waals surface area contributed by atoms with Gasteiger partial charge in [0.1, 0.15) is 12.3 Å². The van der Waals surface area contributed by atoms with Crippen molar-refractivity contribution in [3.63, 3.8) is 0 Å². The maximum atomic E-state index is 12.1. The van der Waals surface area contributed by atoms with E-state index in [4.69, 9.17) is 9.84 Å². The number of nitrogens with one attached hydrogen (secondary N) is 1. The minimum Gasteiger partial charge on any atom is -0.493 e. The second-order valence-electron chi connectivity index (χ2n) is 6.67. The number of ketones is 1. The van der Waals surface area contributed by atoms with Crippen molar-refractivity contribution in [1.82, 2.24) is 5.32 Å². The number of benzene rings is 1. The molecule has 0 aromatic heterocycles. The third-order valence-electron chi connectivity index (χ3n) is 4.61. The van der Waals surface area contributed by atoms with Crippen LogP contribution in [0.3, 0.4) is 0 Å². The number of carbonyl (C=O) groups excluding carboxylic acids is 2. The van der Waals surface area contributed by atoms with Crippen LogP contribution in [0.15, 0.2) is 24.8 Å². The Kier molecular flexibility index (Phi) is 8.04. The molecule has 27 heavy (non-hydrogen) atoms. The van der Waals surface area contributed by atoms with Crippen LogP contribution in [0.2, 0.25) is 0 Å². The number of carbonyl (C=O) groups is 3. The van der Waals surface area contributed by atoms with Crippen LogP contribution in [0.5, 0.6) is 5.75 Å². The molecule has 0 spiro atoms. The summed E-state index contributed by atoms with van der Waals surface area (Å²) in [6.07, 6.45) is 7.52. The van der Waals surface area contributed by atoms with Crippen LogP contribution in [0.4, 0.5) is 0 Å². The van der Waals surface area contributed by atoms with E-state index in [9.17, 15) is 14.4 Å². The van der Waals surface area contributed by atoms with Gasteiger partial charge in [0.2, 0.25) is 5.91 Å². The lowest BCUT2D eigenvalue weighted by atomic mass is 9.86. The maximum absolute atomic E-state index is 12.1. The predicted molar refractivity (Wildman–Crippen MR) is 102 cm³/mol. The van der Waals surface area contributed by atoms with E-state index in [1.54, 1.807) is 0 Å². The van der Waals surface area contributed by atoms with E-state index in [-0.39, 0.29) is 18.2 Å². The first kappa shape index (κ1) is 20.7. The topological polar surface area (TPSA) is 92.7 Å². The van der Waals surface area contributed by atoms with Gasteiger partial charge in [-0.1, -0.05) is 6.08 Å². The highest BCUT2D eigenvalue weighted by Gasteiger charge is 2.21. The monoisotopic (exact) mass is 373 g/mol. The number of amides is 1. The fourth-order valence-corrected chi connectivity index (χ4v) is 3.29. The van der Waals surface area contributed by atoms with Crippen LogP contribution >= 0.6 is 0 Å². The molecule has 0 saturated heterocycles. The Balaban J connectivity index is 1.80. The summed E-state index contributed by atoms with van der Waals surface area (Å²) < 4.78 is 5.94. The van der Waals surface area contributed by atoms with Gasteiger partial charge < -0.3 is 15.2 Å². The van der Waals surface area contributed by atoms with Crippen molar-refractivity contribution < 1.29 is 24.2 Å². The summed E-state index contributed by atoms with van der Waals surface area (Å²) in [6, 6.07) is 3.74. The summed E-state index contributed by atoms with van der Waals surface area (Å²) in [5, 5.41) is 10.9. The largest absolute Gasteiger partial charge is 0.493 e. The molecule has 1 aliphatic carbocycles. The van der Waals surface area contributed by atoms with Crippen molar-refractivity contribution in [2.45, 2.75) is 51.4 Å². The van der Waals surface area contributed by atoms with Crippen LogP contribution < -0.4 is 10.1 Å². The fourth-order valence-electron chi connectivity index (χ4n) is 3.29. The molecule has 146 valence electrons. The summed E-state index contributed by atoms with van der Waals surface area (Å²) in [6.45, 7) is 4.01. The zero-order chi connectivity index (χ0) is 19.6. The second-order valence-corrected chi connectivity index (χ2v) is 6.67. The fraction of sp³-hybridized carbons (Fsp3) is 0.476. The number of ether oxygens (including phenoxy) is 1. The highest BCUT2D eigenvalue weighted by molar-refractivity contribution is 5.99. The van der Waals surface area contributed by atoms with Gasteiger partial charge in [-0.25, -0.2) is 0 Å². The van der Waals surface area contributed by atoms with Gasteiger partial charge in [0, 0.05) is 24.0 Å². The van der Waals surface area contributed by atoms with Crippen molar-refractivity contribution in [1.29, 1.82) is 0 Å². The van der Waals surface area contributed by atoms with Gasteiger partial charge in [0.05, 0.1) is 6.61 Å². The Morgan fingerprint density at radius 1 is 1.22 bits per heavy atom. The van der Waals surface area contributed by atoms with Gasteiger partial charge in [-0.2, -0.15) is 0 Å². The molecule has 0 atom stereocenters. The standard InChI is InChI=1S/C21H27NO5/c1-2-7-17-15-8-6-9-18(23)16(15)11-12-19(17)27-13-5-3-4-10-20(24)22-14-21(25)26/h2,11-12H,1,3-10,13-14H2,(H,22,24)(H,25,26). The van der Waals surface area contributed by atoms with E-state index in [2.05, 4.69) is 11.9 Å². The third kappa shape index (κ3) is 6.24. The molecule has 6 heteroatoms. The zero-order valence-electron chi connectivity index (χ0n) is 15.6. The van der Waals surface area contributed by atoms with Gasteiger partial charge >= 0.3 is 5.97 Å². The molecule has 0 bridgehead atoms. The molecule has 0 heterocycles. The molecule has 2 N–H and O–H groups in total. The van der Waals surface area contributed by atoms with Crippen LogP contribution in [0, 0.1) is 0 Å². The van der Waals surface area contributed by atoms with Gasteiger partial charge in [-0.05, 0) is 56.2 Å². The first-order valence-electron chi connectivity index (χ1n) is 9.43. The molecule has 1 aromatic rings. The van der Waals surface area contributed by atoms with E-state index in [1.165, 1.54) is 0 Å². The summed E-state index contributed by atoms with van der Waals surface area (Å²) >= 11 is 0. The lowest BCUT2D eigenvalue weighted by molar-refractivity contribution is -0.137. The minimum absolute atomic E-state index is 0.203. The highest BCUT2D eigenvalue weighted by Crippen LogP contribution is 2.32. The SMILES string of the molecule is C=CCc1c(OCCCCCC(=O)NCC(=O)O)ccc2c1CCCC2=O. The number of hydrogen-bond acceptors (Lipinski definition) is 4. The molecule has 6 nitrogen and oxygen atoms in total. The number of allylic oxidation sites excluding steroid dienone is 1. The van der Waals surface area contributed by atoms with E-state index in [1.807, 2.05) is 18.2 Å². The Morgan fingerprint density at radius 3 is 2.78 bits per heavy atom. The van der Waals surface area contributed by atoms with Crippen molar-refractivity contribution in [3.05, 3.63) is 41.5 Å². The first-order chi connectivity index (χ1) is 13.0. The normalized spacial score (nSPS) is 13.0. The number of fused-ring (bicyclic) bond motifs is 1. The van der Waals surface area contributed by atoms with Crippen LogP contribution in [0.25, 0.3) is 0 Å². The Hall–Kier alpha value is -2.63. The molecule has 0 aliphatic heterocycles. The Morgan fingerprint density at radius 2 is 2.04 bits per heavy atom. The number of carboxylic acids is 1. The number of Topliss-reactive ketones (excluding diaryl/α,β-unsaturated/α-hetero) is 1. The molecular weight excluding hydrogens is 346 g/mol. The first-order valence-corrected chi connectivity index (χ1v) is 9.43. The van der Waals surface area contributed by atoms with E-state index in [0.29, 0.717) is 32.3 Å². The van der Waals surface area contributed by atoms with Crippen LogP contribution in [-0.4, -0.2) is 35.9 Å². The van der Waals surface area contributed by atoms with E-state index in [0.717, 1.165) is 48.1 Å². The summed E-state index contributed by atoms with van der Waals surface area (Å²) in [7, 11) is 0. The molecule has 1 amide bonds. The third-order valence-corrected chi connectivity index (χ3v) is 4.61. The molecule has 1 aromatic carbocycles. The van der Waals surface area contributed by atoms with Crippen molar-refractivity contribution >= 4 is 17.7 Å². The average Bonchev–Trinajstić information content (AvgIpc) is 2.64. The highest BCUT2D eigenvalue weighted by atomic mass is 16.5. The smallest absolute Gasteiger partial charge is 0.322 e. The Labute approximate surface area is 159 Å². The average molecular weight is 373 g/mol. The molecule has 0 radical (unpaired) electrons. The van der Waals surface area contributed by atoms with Crippen molar-refractivity contribution in [3.8, 4) is 5.75 Å². The van der Waals surface area contributed by atoms with Gasteiger partial charge in [-0.15, -0.1) is 6.58 Å². The van der Waals surface area contributed by atoms with Crippen molar-refractivity contribution in [2.75, 3.05) is 13.2 Å². The zero-order valence-corrected chi connectivity index (χ0v) is 15.6. The van der Waals surface area contributed by atoms with E-state index >= 15 is 0 Å². The summed E-state index contributed by atoms with van der Waals surface area (Å²) in [5.74, 6) is -0.276. The Bertz CT molecular complexity index is 711. The molecule has 0 saturated carbocycles. The molecular formula is C21H27NO5. The predicted octanol–water partition coefficient (Wildman–Crippen LogP) is 3.07. The number of carboxylic acid groups (broad SMARTS) is 1. The quantitative estimate of drug-likeness (QED) is 0.459.